The van der Waals surface area contributed by atoms with Gasteiger partial charge in [-0.2, -0.15) is 31.4 Å². The standard InChI is InChI=1S/C23H25F6N5O3/c1-13(35)33-10-16(31-19-6-15(23(27,28)29)2-5-20(19)37-18-3-4-18)7-17(11-33)32-21(36)14-8-30-34(9-14)12-22(24,25)26/h2,5-6,8-9,16-18,31H,3-4,7,10-12H2,1H3,(H,32,36)/t16-,17+/m1/s1. The van der Waals surface area contributed by atoms with Crippen LogP contribution in [0.4, 0.5) is 32.0 Å². The van der Waals surface area contributed by atoms with E-state index in [1.807, 2.05) is 0 Å². The summed E-state index contributed by atoms with van der Waals surface area (Å²) in [4.78, 5) is 26.2. The number of hydrogen-bond donors (Lipinski definition) is 2. The molecule has 1 aromatic heterocycles. The fourth-order valence-corrected chi connectivity index (χ4v) is 4.09. The van der Waals surface area contributed by atoms with Crippen LogP contribution in [0.5, 0.6) is 5.75 Å². The second kappa shape index (κ2) is 10.1. The van der Waals surface area contributed by atoms with Crippen molar-refractivity contribution in [3.63, 3.8) is 0 Å². The molecule has 2 atom stereocenters. The maximum Gasteiger partial charge on any atom is 0.416 e. The predicted molar refractivity (Wildman–Crippen MR) is 119 cm³/mol. The SMILES string of the molecule is CC(=O)N1C[C@@H](NC(=O)c2cnn(CC(F)(F)F)c2)C[C@@H](Nc2cc(C(F)(F)F)ccc2OC2CC2)C1. The number of ether oxygens (including phenoxy) is 1. The molecule has 2 N–H and O–H groups in total. The number of piperidine rings is 1. The monoisotopic (exact) mass is 533 g/mol. The van der Waals surface area contributed by atoms with Crippen molar-refractivity contribution in [2.45, 2.75) is 63.3 Å². The maximum atomic E-state index is 13.3. The van der Waals surface area contributed by atoms with E-state index in [-0.39, 0.29) is 48.5 Å². The first-order chi connectivity index (χ1) is 17.3. The molecule has 2 fully saturated rings. The number of hydrogen-bond acceptors (Lipinski definition) is 5. The van der Waals surface area contributed by atoms with Crippen LogP contribution in [-0.4, -0.2) is 63.9 Å². The number of likely N-dealkylation sites (tertiary alicyclic amines) is 1. The van der Waals surface area contributed by atoms with Crippen molar-refractivity contribution in [1.82, 2.24) is 20.0 Å². The molecule has 2 heterocycles. The van der Waals surface area contributed by atoms with Gasteiger partial charge in [-0.1, -0.05) is 0 Å². The minimum absolute atomic E-state index is 0.0670. The number of rotatable bonds is 7. The van der Waals surface area contributed by atoms with Crippen LogP contribution in [-0.2, 0) is 17.5 Å². The van der Waals surface area contributed by atoms with Gasteiger partial charge in [0, 0.05) is 38.3 Å². The van der Waals surface area contributed by atoms with E-state index in [4.69, 9.17) is 4.74 Å². The molecule has 2 aromatic rings. The Morgan fingerprint density at radius 1 is 1.11 bits per heavy atom. The number of benzene rings is 1. The molecule has 0 unspecified atom stereocenters. The lowest BCUT2D eigenvalue weighted by Gasteiger charge is -2.38. The normalized spacial score (nSPS) is 20.5. The molecule has 8 nitrogen and oxygen atoms in total. The molecule has 1 saturated carbocycles. The van der Waals surface area contributed by atoms with Gasteiger partial charge in [-0.05, 0) is 37.5 Å². The summed E-state index contributed by atoms with van der Waals surface area (Å²) in [7, 11) is 0. The summed E-state index contributed by atoms with van der Waals surface area (Å²) in [6.45, 7) is 0.276. The number of anilines is 1. The van der Waals surface area contributed by atoms with E-state index in [1.54, 1.807) is 0 Å². The molecular weight excluding hydrogens is 508 g/mol. The van der Waals surface area contributed by atoms with Gasteiger partial charge in [0.1, 0.15) is 12.3 Å². The van der Waals surface area contributed by atoms with Crippen molar-refractivity contribution < 1.29 is 40.7 Å². The average Bonchev–Trinajstić information content (AvgIpc) is 3.48. The Bertz CT molecular complexity index is 1140. The quantitative estimate of drug-likeness (QED) is 0.529. The first kappa shape index (κ1) is 26.6. The van der Waals surface area contributed by atoms with Gasteiger partial charge >= 0.3 is 12.4 Å². The number of nitrogens with zero attached hydrogens (tertiary/aromatic N) is 3. The van der Waals surface area contributed by atoms with Gasteiger partial charge in [-0.15, -0.1) is 0 Å². The Balaban J connectivity index is 1.49. The van der Waals surface area contributed by atoms with Gasteiger partial charge in [0.2, 0.25) is 5.91 Å². The molecule has 1 aliphatic carbocycles. The predicted octanol–water partition coefficient (Wildman–Crippen LogP) is 3.84. The number of nitrogens with one attached hydrogen (secondary N) is 2. The van der Waals surface area contributed by atoms with Crippen molar-refractivity contribution >= 4 is 17.5 Å². The molecule has 37 heavy (non-hydrogen) atoms. The summed E-state index contributed by atoms with van der Waals surface area (Å²) >= 11 is 0. The van der Waals surface area contributed by atoms with Gasteiger partial charge < -0.3 is 20.3 Å². The summed E-state index contributed by atoms with van der Waals surface area (Å²) in [5.41, 5.74) is -0.833. The third-order valence-electron chi connectivity index (χ3n) is 5.95. The van der Waals surface area contributed by atoms with Crippen LogP contribution >= 0.6 is 0 Å². The van der Waals surface area contributed by atoms with E-state index in [0.717, 1.165) is 37.4 Å². The number of amides is 2. The topological polar surface area (TPSA) is 88.5 Å². The molecule has 2 aliphatic rings. The first-order valence-corrected chi connectivity index (χ1v) is 11.6. The molecule has 1 saturated heterocycles. The lowest BCUT2D eigenvalue weighted by molar-refractivity contribution is -0.142. The summed E-state index contributed by atoms with van der Waals surface area (Å²) in [6, 6.07) is 1.99. The van der Waals surface area contributed by atoms with Crippen LogP contribution in [0.1, 0.15) is 42.1 Å². The largest absolute Gasteiger partial charge is 0.488 e. The van der Waals surface area contributed by atoms with E-state index >= 15 is 0 Å². The highest BCUT2D eigenvalue weighted by Gasteiger charge is 2.35. The minimum Gasteiger partial charge on any atom is -0.488 e. The number of carbonyl (C=O) groups is 2. The summed E-state index contributed by atoms with van der Waals surface area (Å²) in [5, 5.41) is 9.28. The van der Waals surface area contributed by atoms with Gasteiger partial charge in [-0.25, -0.2) is 0 Å². The van der Waals surface area contributed by atoms with Crippen molar-refractivity contribution in [1.29, 1.82) is 0 Å². The molecule has 2 amide bonds. The average molecular weight is 533 g/mol. The van der Waals surface area contributed by atoms with Crippen molar-refractivity contribution in [2.24, 2.45) is 0 Å². The summed E-state index contributed by atoms with van der Waals surface area (Å²) in [6.07, 6.45) is -5.32. The fourth-order valence-electron chi connectivity index (χ4n) is 4.09. The molecule has 0 spiro atoms. The number of halogens is 6. The highest BCUT2D eigenvalue weighted by molar-refractivity contribution is 5.94. The second-order valence-electron chi connectivity index (χ2n) is 9.24. The zero-order valence-corrected chi connectivity index (χ0v) is 19.7. The number of alkyl halides is 6. The fraction of sp³-hybridized carbons (Fsp3) is 0.522. The van der Waals surface area contributed by atoms with Crippen LogP contribution in [0.3, 0.4) is 0 Å². The van der Waals surface area contributed by atoms with Crippen LogP contribution in [0.25, 0.3) is 0 Å². The second-order valence-corrected chi connectivity index (χ2v) is 9.24. The smallest absolute Gasteiger partial charge is 0.416 e. The van der Waals surface area contributed by atoms with E-state index in [0.29, 0.717) is 4.68 Å². The number of aromatic nitrogens is 2. The zero-order valence-electron chi connectivity index (χ0n) is 19.7. The lowest BCUT2D eigenvalue weighted by atomic mass is 9.99. The Morgan fingerprint density at radius 2 is 1.81 bits per heavy atom. The highest BCUT2D eigenvalue weighted by Crippen LogP contribution is 2.38. The molecule has 202 valence electrons. The van der Waals surface area contributed by atoms with Gasteiger partial charge in [-0.3, -0.25) is 14.3 Å². The van der Waals surface area contributed by atoms with E-state index in [1.165, 1.54) is 17.9 Å². The van der Waals surface area contributed by atoms with Crippen molar-refractivity contribution in [3.8, 4) is 5.75 Å². The van der Waals surface area contributed by atoms with E-state index < -0.39 is 42.5 Å². The van der Waals surface area contributed by atoms with Gasteiger partial charge in [0.15, 0.2) is 0 Å². The molecular formula is C23H25F6N5O3. The molecule has 0 radical (unpaired) electrons. The third-order valence-corrected chi connectivity index (χ3v) is 5.95. The Kier molecular flexibility index (Phi) is 7.29. The van der Waals surface area contributed by atoms with Crippen LogP contribution in [0.2, 0.25) is 0 Å². The lowest BCUT2D eigenvalue weighted by Crippen LogP contribution is -2.55. The molecule has 0 bridgehead atoms. The van der Waals surface area contributed by atoms with Crippen LogP contribution in [0, 0.1) is 0 Å². The Hall–Kier alpha value is -3.45. The minimum atomic E-state index is -4.57. The van der Waals surface area contributed by atoms with E-state index in [2.05, 4.69) is 15.7 Å². The summed E-state index contributed by atoms with van der Waals surface area (Å²) in [5.74, 6) is -0.727. The number of carbonyl (C=O) groups excluding carboxylic acids is 2. The van der Waals surface area contributed by atoms with Crippen molar-refractivity contribution in [2.75, 3.05) is 18.4 Å². The molecule has 1 aliphatic heterocycles. The van der Waals surface area contributed by atoms with Crippen LogP contribution < -0.4 is 15.4 Å². The highest BCUT2D eigenvalue weighted by atomic mass is 19.4. The first-order valence-electron chi connectivity index (χ1n) is 11.6. The van der Waals surface area contributed by atoms with Gasteiger partial charge in [0.25, 0.3) is 5.91 Å². The third kappa shape index (κ3) is 7.29. The van der Waals surface area contributed by atoms with Crippen molar-refractivity contribution in [3.05, 3.63) is 41.7 Å². The van der Waals surface area contributed by atoms with E-state index in [9.17, 15) is 35.9 Å². The Morgan fingerprint density at radius 3 is 2.43 bits per heavy atom. The maximum absolute atomic E-state index is 13.3. The van der Waals surface area contributed by atoms with Crippen LogP contribution in [0.15, 0.2) is 30.6 Å². The molecule has 14 heteroatoms. The summed E-state index contributed by atoms with van der Waals surface area (Å²) < 4.78 is 84.1. The molecule has 1 aromatic carbocycles. The van der Waals surface area contributed by atoms with Gasteiger partial charge in [0.05, 0.1) is 29.1 Å². The molecule has 4 rings (SSSR count). The Labute approximate surface area is 207 Å². The zero-order chi connectivity index (χ0) is 27.0.